The fourth-order valence-electron chi connectivity index (χ4n) is 3.31. The molecule has 2 amide bonds. The second kappa shape index (κ2) is 9.21. The van der Waals surface area contributed by atoms with Crippen LogP contribution in [-0.4, -0.2) is 70.1 Å². The molecule has 0 bridgehead atoms. The molecule has 31 heavy (non-hydrogen) atoms. The summed E-state index contributed by atoms with van der Waals surface area (Å²) in [6.07, 6.45) is 1.15. The molecule has 3 N–H and O–H groups in total. The monoisotopic (exact) mass is 436 g/mol. The second-order valence-electron chi connectivity index (χ2n) is 7.28. The Morgan fingerprint density at radius 1 is 1.26 bits per heavy atom. The molecule has 1 fully saturated rings. The van der Waals surface area contributed by atoms with Crippen molar-refractivity contribution in [2.45, 2.75) is 25.2 Å². The van der Waals surface area contributed by atoms with E-state index < -0.39 is 43.2 Å². The number of carbonyl (C=O) groups is 3. The van der Waals surface area contributed by atoms with E-state index in [1.807, 2.05) is 0 Å². The quantitative estimate of drug-likeness (QED) is 0.540. The molecule has 9 nitrogen and oxygen atoms in total. The maximum Gasteiger partial charge on any atom is 0.303 e. The summed E-state index contributed by atoms with van der Waals surface area (Å²) < 4.78 is 26.5. The number of benzene rings is 1. The number of halogens is 2. The van der Waals surface area contributed by atoms with E-state index in [-0.39, 0.29) is 31.5 Å². The second-order valence-corrected chi connectivity index (χ2v) is 7.28. The molecule has 0 aliphatic carbocycles. The van der Waals surface area contributed by atoms with Gasteiger partial charge in [0, 0.05) is 37.5 Å². The number of aliphatic carboxylic acids is 1. The first-order chi connectivity index (χ1) is 14.7. The van der Waals surface area contributed by atoms with Crippen molar-refractivity contribution in [2.24, 2.45) is 0 Å². The van der Waals surface area contributed by atoms with Crippen LogP contribution in [0.15, 0.2) is 30.5 Å². The highest BCUT2D eigenvalue weighted by Gasteiger charge is 2.40. The maximum atomic E-state index is 13.3. The number of carbonyl (C=O) groups excluding carboxylic acids is 2. The van der Waals surface area contributed by atoms with Gasteiger partial charge < -0.3 is 15.3 Å². The van der Waals surface area contributed by atoms with E-state index in [0.717, 1.165) is 9.96 Å². The van der Waals surface area contributed by atoms with Crippen LogP contribution >= 0.6 is 0 Å². The average molecular weight is 436 g/mol. The summed E-state index contributed by atoms with van der Waals surface area (Å²) in [6, 6.07) is 6.15. The van der Waals surface area contributed by atoms with Crippen molar-refractivity contribution >= 4 is 34.4 Å². The molecule has 0 saturated carbocycles. The number of aromatic nitrogens is 1. The number of nitrogens with one attached hydrogen (secondary N) is 1. The molecular formula is C20H22F2N4O5. The van der Waals surface area contributed by atoms with E-state index in [1.165, 1.54) is 18.3 Å². The van der Waals surface area contributed by atoms with Crippen LogP contribution in [0, 0.1) is 0 Å². The zero-order valence-electron chi connectivity index (χ0n) is 16.6. The Labute approximate surface area is 176 Å². The van der Waals surface area contributed by atoms with Crippen molar-refractivity contribution in [3.05, 3.63) is 36.0 Å². The lowest BCUT2D eigenvalue weighted by Crippen LogP contribution is -2.40. The molecule has 1 aliphatic rings. The number of fused-ring (bicyclic) bond motifs is 1. The smallest absolute Gasteiger partial charge is 0.303 e. The summed E-state index contributed by atoms with van der Waals surface area (Å²) in [5.74, 6) is -5.05. The zero-order valence-corrected chi connectivity index (χ0v) is 16.6. The van der Waals surface area contributed by atoms with Gasteiger partial charge in [-0.1, -0.05) is 0 Å². The highest BCUT2D eigenvalue weighted by molar-refractivity contribution is 6.07. The van der Waals surface area contributed by atoms with Gasteiger partial charge in [-0.3, -0.25) is 29.6 Å². The zero-order chi connectivity index (χ0) is 22.6. The number of hydrogen-bond donors (Lipinski definition) is 3. The highest BCUT2D eigenvalue weighted by atomic mass is 19.3. The third-order valence-electron chi connectivity index (χ3n) is 4.95. The van der Waals surface area contributed by atoms with Crippen LogP contribution in [0.1, 0.15) is 29.6 Å². The first-order valence-electron chi connectivity index (χ1n) is 9.67. The van der Waals surface area contributed by atoms with Crippen molar-refractivity contribution in [1.82, 2.24) is 15.2 Å². The summed E-state index contributed by atoms with van der Waals surface area (Å²) in [4.78, 5) is 40.5. The van der Waals surface area contributed by atoms with E-state index in [1.54, 1.807) is 12.1 Å². The largest absolute Gasteiger partial charge is 0.481 e. The van der Waals surface area contributed by atoms with E-state index in [9.17, 15) is 28.4 Å². The molecule has 11 heteroatoms. The number of amides is 2. The lowest BCUT2D eigenvalue weighted by molar-refractivity contribution is -0.137. The van der Waals surface area contributed by atoms with Crippen LogP contribution in [0.5, 0.6) is 0 Å². The SMILES string of the molecule is O=C(O)CCCN(O)c1ccc2nccc(C(=O)NCC(=O)N3CCC(F)(F)C3)c2c1. The van der Waals surface area contributed by atoms with Crippen LogP contribution < -0.4 is 10.4 Å². The number of hydrogen-bond acceptors (Lipinski definition) is 6. The third-order valence-corrected chi connectivity index (χ3v) is 4.95. The average Bonchev–Trinajstić information content (AvgIpc) is 3.10. The predicted octanol–water partition coefficient (Wildman–Crippen LogP) is 1.89. The van der Waals surface area contributed by atoms with Gasteiger partial charge in [-0.2, -0.15) is 0 Å². The molecule has 2 aromatic rings. The van der Waals surface area contributed by atoms with Gasteiger partial charge in [-0.05, 0) is 30.7 Å². The summed E-state index contributed by atoms with van der Waals surface area (Å²) >= 11 is 0. The summed E-state index contributed by atoms with van der Waals surface area (Å²) in [6.45, 7) is -1.05. The van der Waals surface area contributed by atoms with Crippen molar-refractivity contribution in [3.63, 3.8) is 0 Å². The number of alkyl halides is 2. The molecule has 1 aromatic carbocycles. The number of hydroxylamine groups is 1. The minimum absolute atomic E-state index is 0.0581. The fraction of sp³-hybridized carbons (Fsp3) is 0.400. The van der Waals surface area contributed by atoms with Gasteiger partial charge in [-0.25, -0.2) is 8.78 Å². The number of likely N-dealkylation sites (tertiary alicyclic amines) is 1. The standard InChI is InChI=1S/C20H22F2N4O5/c21-20(22)6-9-25(12-20)17(27)11-24-19(30)14-5-7-23-16-4-3-13(10-15(14)16)26(31)8-1-2-18(28)29/h3-5,7,10,31H,1-2,6,8-9,11-12H2,(H,24,30)(H,28,29). The van der Waals surface area contributed by atoms with Gasteiger partial charge in [0.25, 0.3) is 11.8 Å². The Morgan fingerprint density at radius 3 is 2.71 bits per heavy atom. The number of nitrogens with zero attached hydrogens (tertiary/aromatic N) is 3. The summed E-state index contributed by atoms with van der Waals surface area (Å²) in [7, 11) is 0. The van der Waals surface area contributed by atoms with Crippen molar-refractivity contribution in [1.29, 1.82) is 0 Å². The normalized spacial score (nSPS) is 15.1. The molecule has 1 aliphatic heterocycles. The van der Waals surface area contributed by atoms with Crippen molar-refractivity contribution in [3.8, 4) is 0 Å². The lowest BCUT2D eigenvalue weighted by Gasteiger charge is -2.18. The van der Waals surface area contributed by atoms with Gasteiger partial charge in [0.05, 0.1) is 29.9 Å². The summed E-state index contributed by atoms with van der Waals surface area (Å²) in [5, 5.41) is 22.6. The Hall–Kier alpha value is -3.34. The molecule has 0 unspecified atom stereocenters. The van der Waals surface area contributed by atoms with Gasteiger partial charge in [0.15, 0.2) is 0 Å². The Kier molecular flexibility index (Phi) is 6.64. The molecule has 166 valence electrons. The van der Waals surface area contributed by atoms with Crippen molar-refractivity contribution in [2.75, 3.05) is 31.2 Å². The molecule has 3 rings (SSSR count). The number of carboxylic acid groups (broad SMARTS) is 1. The number of anilines is 1. The van der Waals surface area contributed by atoms with Gasteiger partial charge in [0.1, 0.15) is 0 Å². The van der Waals surface area contributed by atoms with Crippen LogP contribution in [0.3, 0.4) is 0 Å². The van der Waals surface area contributed by atoms with E-state index in [2.05, 4.69) is 10.3 Å². The predicted molar refractivity (Wildman–Crippen MR) is 106 cm³/mol. The molecule has 0 atom stereocenters. The van der Waals surface area contributed by atoms with Crippen LogP contribution in [0.25, 0.3) is 10.9 Å². The number of pyridine rings is 1. The fourth-order valence-corrected chi connectivity index (χ4v) is 3.31. The van der Waals surface area contributed by atoms with Crippen LogP contribution in [0.2, 0.25) is 0 Å². The molecule has 2 heterocycles. The van der Waals surface area contributed by atoms with E-state index in [0.29, 0.717) is 16.6 Å². The van der Waals surface area contributed by atoms with Crippen molar-refractivity contribution < 1.29 is 33.5 Å². The first kappa shape index (κ1) is 22.3. The molecule has 1 saturated heterocycles. The number of rotatable bonds is 8. The van der Waals surface area contributed by atoms with Crippen LogP contribution in [-0.2, 0) is 9.59 Å². The van der Waals surface area contributed by atoms with E-state index in [4.69, 9.17) is 5.11 Å². The van der Waals surface area contributed by atoms with Gasteiger partial charge in [0.2, 0.25) is 5.91 Å². The topological polar surface area (TPSA) is 123 Å². The maximum absolute atomic E-state index is 13.3. The van der Waals surface area contributed by atoms with Gasteiger partial charge in [-0.15, -0.1) is 0 Å². The Balaban J connectivity index is 1.70. The van der Waals surface area contributed by atoms with Crippen LogP contribution in [0.4, 0.5) is 14.5 Å². The lowest BCUT2D eigenvalue weighted by atomic mass is 10.1. The highest BCUT2D eigenvalue weighted by Crippen LogP contribution is 2.27. The Bertz CT molecular complexity index is 1000. The van der Waals surface area contributed by atoms with Gasteiger partial charge >= 0.3 is 5.97 Å². The first-order valence-corrected chi connectivity index (χ1v) is 9.67. The third kappa shape index (κ3) is 5.63. The molecule has 1 aromatic heterocycles. The molecule has 0 radical (unpaired) electrons. The molecule has 0 spiro atoms. The number of carboxylic acids is 1. The minimum atomic E-state index is -2.90. The molecular weight excluding hydrogens is 414 g/mol. The minimum Gasteiger partial charge on any atom is -0.481 e. The van der Waals surface area contributed by atoms with E-state index >= 15 is 0 Å². The Morgan fingerprint density at radius 2 is 2.03 bits per heavy atom. The summed E-state index contributed by atoms with van der Waals surface area (Å²) in [5.41, 5.74) is 1.02.